The molecule has 0 bridgehead atoms. The first-order chi connectivity index (χ1) is 8.49. The molecule has 4 heteroatoms. The van der Waals surface area contributed by atoms with Crippen LogP contribution in [-0.2, 0) is 4.79 Å². The summed E-state index contributed by atoms with van der Waals surface area (Å²) in [6.07, 6.45) is 0.634. The average Bonchev–Trinajstić information content (AvgIpc) is 2.77. The van der Waals surface area contributed by atoms with Crippen LogP contribution in [0.1, 0.15) is 43.4 Å². The van der Waals surface area contributed by atoms with E-state index in [2.05, 4.69) is 19.2 Å². The maximum Gasteiger partial charge on any atom is 0.307 e. The highest BCUT2D eigenvalue weighted by Crippen LogP contribution is 2.34. The average molecular weight is 268 g/mol. The Balaban J connectivity index is 2.28. The van der Waals surface area contributed by atoms with Gasteiger partial charge in [-0.3, -0.25) is 4.79 Å². The van der Waals surface area contributed by atoms with Gasteiger partial charge >= 0.3 is 5.97 Å². The third-order valence-electron chi connectivity index (χ3n) is 3.53. The Hall–Kier alpha value is -1.06. The number of carboxylic acids is 1. The number of benzene rings is 1. The molecule has 0 amide bonds. The summed E-state index contributed by atoms with van der Waals surface area (Å²) in [6, 6.07) is 5.99. The molecular formula is C14H18ClNO2. The number of hydrogen-bond acceptors (Lipinski definition) is 2. The van der Waals surface area contributed by atoms with E-state index in [1.54, 1.807) is 0 Å². The first kappa shape index (κ1) is 13.4. The van der Waals surface area contributed by atoms with Crippen molar-refractivity contribution >= 4 is 17.6 Å². The van der Waals surface area contributed by atoms with Gasteiger partial charge in [-0.15, -0.1) is 0 Å². The van der Waals surface area contributed by atoms with Crippen LogP contribution in [0.15, 0.2) is 18.2 Å². The minimum atomic E-state index is -0.724. The maximum absolute atomic E-state index is 11.0. The van der Waals surface area contributed by atoms with Crippen LogP contribution < -0.4 is 5.32 Å². The Morgan fingerprint density at radius 2 is 2.22 bits per heavy atom. The standard InChI is InChI=1S/C14H18ClNO2/c1-8(2)11-4-3-10(15)6-12(11)13-5-9(7-16-13)14(17)18/h3-4,6,8-9,13,16H,5,7H2,1-2H3,(H,17,18). The van der Waals surface area contributed by atoms with Crippen molar-refractivity contribution in [3.8, 4) is 0 Å². The molecule has 2 unspecified atom stereocenters. The summed E-state index contributed by atoms with van der Waals surface area (Å²) in [6.45, 7) is 4.80. The fourth-order valence-corrected chi connectivity index (χ4v) is 2.71. The topological polar surface area (TPSA) is 49.3 Å². The number of rotatable bonds is 3. The minimum absolute atomic E-state index is 0.0993. The molecule has 0 aliphatic carbocycles. The lowest BCUT2D eigenvalue weighted by Crippen LogP contribution is -2.18. The summed E-state index contributed by atoms with van der Waals surface area (Å²) in [7, 11) is 0. The lowest BCUT2D eigenvalue weighted by molar-refractivity contribution is -0.141. The quantitative estimate of drug-likeness (QED) is 0.884. The highest BCUT2D eigenvalue weighted by Gasteiger charge is 2.31. The summed E-state index contributed by atoms with van der Waals surface area (Å²) in [5.41, 5.74) is 2.38. The monoisotopic (exact) mass is 267 g/mol. The van der Waals surface area contributed by atoms with Gasteiger partial charge in [0.15, 0.2) is 0 Å². The number of hydrogen-bond donors (Lipinski definition) is 2. The lowest BCUT2D eigenvalue weighted by atomic mass is 9.91. The Morgan fingerprint density at radius 1 is 1.50 bits per heavy atom. The Labute approximate surface area is 112 Å². The second kappa shape index (κ2) is 5.29. The fourth-order valence-electron chi connectivity index (χ4n) is 2.53. The van der Waals surface area contributed by atoms with Crippen molar-refractivity contribution in [1.29, 1.82) is 0 Å². The zero-order valence-corrected chi connectivity index (χ0v) is 11.4. The van der Waals surface area contributed by atoms with Gasteiger partial charge in [0.1, 0.15) is 0 Å². The van der Waals surface area contributed by atoms with Crippen LogP contribution >= 0.6 is 11.6 Å². The van der Waals surface area contributed by atoms with Crippen LogP contribution in [0.5, 0.6) is 0 Å². The van der Waals surface area contributed by atoms with Crippen molar-refractivity contribution in [2.24, 2.45) is 5.92 Å². The second-order valence-corrected chi connectivity index (χ2v) is 5.60. The summed E-state index contributed by atoms with van der Waals surface area (Å²) in [4.78, 5) is 11.0. The van der Waals surface area contributed by atoms with E-state index in [9.17, 15) is 4.79 Å². The Kier molecular flexibility index (Phi) is 3.93. The molecule has 2 N–H and O–H groups in total. The molecule has 0 aromatic heterocycles. The van der Waals surface area contributed by atoms with Crippen molar-refractivity contribution in [3.05, 3.63) is 34.3 Å². The van der Waals surface area contributed by atoms with E-state index in [4.69, 9.17) is 16.7 Å². The lowest BCUT2D eigenvalue weighted by Gasteiger charge is -2.18. The zero-order valence-electron chi connectivity index (χ0n) is 10.6. The summed E-state index contributed by atoms with van der Waals surface area (Å²) < 4.78 is 0. The fraction of sp³-hybridized carbons (Fsp3) is 0.500. The molecule has 0 radical (unpaired) electrons. The molecule has 0 saturated carbocycles. The molecule has 18 heavy (non-hydrogen) atoms. The van der Waals surface area contributed by atoms with Crippen LogP contribution in [0, 0.1) is 5.92 Å². The van der Waals surface area contributed by atoms with Crippen LogP contribution in [0.2, 0.25) is 5.02 Å². The van der Waals surface area contributed by atoms with E-state index < -0.39 is 5.97 Å². The van der Waals surface area contributed by atoms with Crippen molar-refractivity contribution in [2.75, 3.05) is 6.54 Å². The van der Waals surface area contributed by atoms with Crippen molar-refractivity contribution in [3.63, 3.8) is 0 Å². The smallest absolute Gasteiger partial charge is 0.307 e. The van der Waals surface area contributed by atoms with E-state index in [1.165, 1.54) is 5.56 Å². The van der Waals surface area contributed by atoms with Gasteiger partial charge in [-0.2, -0.15) is 0 Å². The molecule has 3 nitrogen and oxygen atoms in total. The van der Waals surface area contributed by atoms with Gasteiger partial charge < -0.3 is 10.4 Å². The van der Waals surface area contributed by atoms with Crippen LogP contribution in [0.25, 0.3) is 0 Å². The van der Waals surface area contributed by atoms with Crippen LogP contribution in [0.3, 0.4) is 0 Å². The van der Waals surface area contributed by atoms with E-state index in [0.29, 0.717) is 23.9 Å². The van der Waals surface area contributed by atoms with Gasteiger partial charge in [0.2, 0.25) is 0 Å². The highest BCUT2D eigenvalue weighted by molar-refractivity contribution is 6.30. The zero-order chi connectivity index (χ0) is 13.3. The molecule has 1 aliphatic rings. The van der Waals surface area contributed by atoms with Crippen LogP contribution in [0.4, 0.5) is 0 Å². The summed E-state index contributed by atoms with van der Waals surface area (Å²) in [5.74, 6) is -0.616. The van der Waals surface area contributed by atoms with E-state index in [0.717, 1.165) is 5.56 Å². The first-order valence-corrected chi connectivity index (χ1v) is 6.62. The molecule has 1 aliphatic heterocycles. The number of nitrogens with one attached hydrogen (secondary N) is 1. The van der Waals surface area contributed by atoms with Gasteiger partial charge in [0.25, 0.3) is 0 Å². The Bertz CT molecular complexity index is 459. The molecule has 1 heterocycles. The predicted molar refractivity (Wildman–Crippen MR) is 72.0 cm³/mol. The molecular weight excluding hydrogens is 250 g/mol. The summed E-state index contributed by atoms with van der Waals surface area (Å²) >= 11 is 6.05. The molecule has 1 aromatic rings. The molecule has 98 valence electrons. The maximum atomic E-state index is 11.0. The van der Waals surface area contributed by atoms with Gasteiger partial charge in [0.05, 0.1) is 5.92 Å². The van der Waals surface area contributed by atoms with Crippen molar-refractivity contribution < 1.29 is 9.90 Å². The molecule has 1 fully saturated rings. The molecule has 0 spiro atoms. The number of carbonyl (C=O) groups is 1. The number of aliphatic carboxylic acids is 1. The van der Waals surface area contributed by atoms with Gasteiger partial charge in [0, 0.05) is 17.6 Å². The molecule has 1 aromatic carbocycles. The highest BCUT2D eigenvalue weighted by atomic mass is 35.5. The van der Waals surface area contributed by atoms with E-state index in [1.807, 2.05) is 18.2 Å². The second-order valence-electron chi connectivity index (χ2n) is 5.16. The molecule has 1 saturated heterocycles. The Morgan fingerprint density at radius 3 is 2.78 bits per heavy atom. The first-order valence-electron chi connectivity index (χ1n) is 6.24. The predicted octanol–water partition coefficient (Wildman–Crippen LogP) is 3.20. The number of halogens is 1. The van der Waals surface area contributed by atoms with Gasteiger partial charge in [-0.25, -0.2) is 0 Å². The van der Waals surface area contributed by atoms with E-state index >= 15 is 0 Å². The molecule has 2 rings (SSSR count). The SMILES string of the molecule is CC(C)c1ccc(Cl)cc1C1CC(C(=O)O)CN1. The third kappa shape index (κ3) is 2.68. The van der Waals surface area contributed by atoms with Crippen molar-refractivity contribution in [1.82, 2.24) is 5.32 Å². The minimum Gasteiger partial charge on any atom is -0.481 e. The largest absolute Gasteiger partial charge is 0.481 e. The normalized spacial score (nSPS) is 23.6. The third-order valence-corrected chi connectivity index (χ3v) is 3.76. The van der Waals surface area contributed by atoms with Gasteiger partial charge in [-0.05, 0) is 35.6 Å². The molecule has 2 atom stereocenters. The summed E-state index contributed by atoms with van der Waals surface area (Å²) in [5, 5.41) is 13.0. The number of carboxylic acid groups (broad SMARTS) is 1. The van der Waals surface area contributed by atoms with E-state index in [-0.39, 0.29) is 12.0 Å². The van der Waals surface area contributed by atoms with Crippen LogP contribution in [-0.4, -0.2) is 17.6 Å². The van der Waals surface area contributed by atoms with Crippen molar-refractivity contribution in [2.45, 2.75) is 32.2 Å². The van der Waals surface area contributed by atoms with Gasteiger partial charge in [-0.1, -0.05) is 31.5 Å².